The zero-order valence-electron chi connectivity index (χ0n) is 10.6. The molecule has 0 amide bonds. The van der Waals surface area contributed by atoms with E-state index in [1.54, 1.807) is 0 Å². The van der Waals surface area contributed by atoms with Gasteiger partial charge in [-0.3, -0.25) is 0 Å². The molecule has 0 aromatic carbocycles. The van der Waals surface area contributed by atoms with Gasteiger partial charge in [-0.05, 0) is 20.3 Å². The van der Waals surface area contributed by atoms with E-state index in [2.05, 4.69) is 43.0 Å². The van der Waals surface area contributed by atoms with E-state index in [-0.39, 0.29) is 0 Å². The quantitative estimate of drug-likeness (QED) is 0.594. The van der Waals surface area contributed by atoms with Gasteiger partial charge in [0.15, 0.2) is 0 Å². The van der Waals surface area contributed by atoms with Crippen molar-refractivity contribution in [3.05, 3.63) is 12.4 Å². The van der Waals surface area contributed by atoms with E-state index >= 15 is 0 Å². The highest BCUT2D eigenvalue weighted by Crippen LogP contribution is 2.12. The Morgan fingerprint density at radius 3 is 2.40 bits per heavy atom. The first-order valence-electron chi connectivity index (χ1n) is 6.42. The summed E-state index contributed by atoms with van der Waals surface area (Å²) in [6.07, 6.45) is 11.3. The Hall–Kier alpha value is -0.660. The zero-order valence-corrected chi connectivity index (χ0v) is 10.6. The van der Waals surface area contributed by atoms with Crippen LogP contribution in [0.5, 0.6) is 0 Å². The minimum atomic E-state index is 0.631. The van der Waals surface area contributed by atoms with Crippen LogP contribution in [0.2, 0.25) is 0 Å². The molecule has 0 fully saturated rings. The molecular formula is C13H26N2. The average Bonchev–Trinajstić information content (AvgIpc) is 2.66. The predicted octanol–water partition coefficient (Wildman–Crippen LogP) is 3.41. The van der Waals surface area contributed by atoms with E-state index in [0.29, 0.717) is 6.04 Å². The van der Waals surface area contributed by atoms with Gasteiger partial charge in [-0.1, -0.05) is 32.6 Å². The third-order valence-electron chi connectivity index (χ3n) is 3.03. The maximum absolute atomic E-state index is 2.42. The van der Waals surface area contributed by atoms with Crippen LogP contribution in [-0.2, 0) is 0 Å². The van der Waals surface area contributed by atoms with Gasteiger partial charge in [-0.15, -0.1) is 0 Å². The van der Waals surface area contributed by atoms with Crippen molar-refractivity contribution < 1.29 is 0 Å². The SMILES string of the molecule is CCCCCCCN1C=CN(C(C)C)C1. The summed E-state index contributed by atoms with van der Waals surface area (Å²) in [4.78, 5) is 4.80. The molecule has 1 rings (SSSR count). The molecule has 0 spiro atoms. The second-order valence-corrected chi connectivity index (χ2v) is 4.77. The van der Waals surface area contributed by atoms with E-state index in [0.717, 1.165) is 6.67 Å². The van der Waals surface area contributed by atoms with Gasteiger partial charge >= 0.3 is 0 Å². The second-order valence-electron chi connectivity index (χ2n) is 4.77. The van der Waals surface area contributed by atoms with Crippen LogP contribution < -0.4 is 0 Å². The Morgan fingerprint density at radius 1 is 1.07 bits per heavy atom. The molecular weight excluding hydrogens is 184 g/mol. The first kappa shape index (κ1) is 12.4. The summed E-state index contributed by atoms with van der Waals surface area (Å²) >= 11 is 0. The van der Waals surface area contributed by atoms with Crippen LogP contribution in [0.15, 0.2) is 12.4 Å². The van der Waals surface area contributed by atoms with E-state index in [1.807, 2.05) is 0 Å². The largest absolute Gasteiger partial charge is 0.359 e. The van der Waals surface area contributed by atoms with E-state index < -0.39 is 0 Å². The van der Waals surface area contributed by atoms with Crippen molar-refractivity contribution >= 4 is 0 Å². The molecule has 0 N–H and O–H groups in total. The molecule has 0 aliphatic carbocycles. The molecule has 0 bridgehead atoms. The van der Waals surface area contributed by atoms with Crippen LogP contribution in [0.25, 0.3) is 0 Å². The van der Waals surface area contributed by atoms with Gasteiger partial charge in [0.25, 0.3) is 0 Å². The third-order valence-corrected chi connectivity index (χ3v) is 3.03. The highest BCUT2D eigenvalue weighted by molar-refractivity contribution is 4.91. The molecule has 0 aromatic heterocycles. The fraction of sp³-hybridized carbons (Fsp3) is 0.846. The van der Waals surface area contributed by atoms with Gasteiger partial charge in [0, 0.05) is 25.0 Å². The number of nitrogens with zero attached hydrogens (tertiary/aromatic N) is 2. The lowest BCUT2D eigenvalue weighted by atomic mass is 10.1. The summed E-state index contributed by atoms with van der Waals surface area (Å²) in [7, 11) is 0. The normalized spacial score (nSPS) is 15.7. The summed E-state index contributed by atoms with van der Waals surface area (Å²) in [6, 6.07) is 0.631. The molecule has 0 saturated carbocycles. The lowest BCUT2D eigenvalue weighted by Gasteiger charge is -2.24. The van der Waals surface area contributed by atoms with Crippen molar-refractivity contribution in [2.24, 2.45) is 0 Å². The smallest absolute Gasteiger partial charge is 0.0896 e. The van der Waals surface area contributed by atoms with Crippen molar-refractivity contribution in [1.29, 1.82) is 0 Å². The van der Waals surface area contributed by atoms with E-state index in [4.69, 9.17) is 0 Å². The standard InChI is InChI=1S/C13H26N2/c1-4-5-6-7-8-9-14-10-11-15(12-14)13(2)3/h10-11,13H,4-9,12H2,1-3H3. The minimum Gasteiger partial charge on any atom is -0.359 e. The van der Waals surface area contributed by atoms with Gasteiger partial charge in [0.05, 0.1) is 6.67 Å². The molecule has 2 nitrogen and oxygen atoms in total. The predicted molar refractivity (Wildman–Crippen MR) is 66.4 cm³/mol. The van der Waals surface area contributed by atoms with Gasteiger partial charge in [-0.25, -0.2) is 0 Å². The van der Waals surface area contributed by atoms with Crippen molar-refractivity contribution in [3.8, 4) is 0 Å². The molecule has 15 heavy (non-hydrogen) atoms. The number of hydrogen-bond acceptors (Lipinski definition) is 2. The zero-order chi connectivity index (χ0) is 11.1. The highest BCUT2D eigenvalue weighted by Gasteiger charge is 2.13. The molecule has 0 aromatic rings. The fourth-order valence-electron chi connectivity index (χ4n) is 1.88. The van der Waals surface area contributed by atoms with Crippen molar-refractivity contribution in [3.63, 3.8) is 0 Å². The molecule has 88 valence electrons. The monoisotopic (exact) mass is 210 g/mol. The van der Waals surface area contributed by atoms with Gasteiger partial charge in [0.1, 0.15) is 0 Å². The summed E-state index contributed by atoms with van der Waals surface area (Å²) in [5.41, 5.74) is 0. The van der Waals surface area contributed by atoms with Crippen LogP contribution in [0.1, 0.15) is 52.9 Å². The van der Waals surface area contributed by atoms with Crippen LogP contribution in [0, 0.1) is 0 Å². The fourth-order valence-corrected chi connectivity index (χ4v) is 1.88. The second kappa shape index (κ2) is 6.76. The minimum absolute atomic E-state index is 0.631. The van der Waals surface area contributed by atoms with Crippen molar-refractivity contribution in [1.82, 2.24) is 9.80 Å². The molecule has 0 saturated heterocycles. The lowest BCUT2D eigenvalue weighted by Crippen LogP contribution is -2.30. The topological polar surface area (TPSA) is 6.48 Å². The van der Waals surface area contributed by atoms with Gasteiger partial charge in [-0.2, -0.15) is 0 Å². The van der Waals surface area contributed by atoms with Crippen LogP contribution >= 0.6 is 0 Å². The number of hydrogen-bond donors (Lipinski definition) is 0. The maximum atomic E-state index is 2.42. The number of rotatable bonds is 7. The summed E-state index contributed by atoms with van der Waals surface area (Å²) in [5.74, 6) is 0. The molecule has 0 unspecified atom stereocenters. The van der Waals surface area contributed by atoms with Crippen molar-refractivity contribution in [2.75, 3.05) is 13.2 Å². The molecule has 1 aliphatic rings. The molecule has 0 atom stereocenters. The molecule has 1 heterocycles. The highest BCUT2D eigenvalue weighted by atomic mass is 15.3. The lowest BCUT2D eigenvalue weighted by molar-refractivity contribution is 0.228. The average molecular weight is 210 g/mol. The van der Waals surface area contributed by atoms with Crippen LogP contribution in [0.4, 0.5) is 0 Å². The van der Waals surface area contributed by atoms with Crippen molar-refractivity contribution in [2.45, 2.75) is 58.9 Å². The first-order chi connectivity index (χ1) is 7.24. The van der Waals surface area contributed by atoms with Gasteiger partial charge < -0.3 is 9.80 Å². The Kier molecular flexibility index (Phi) is 5.59. The van der Waals surface area contributed by atoms with Crippen LogP contribution in [0.3, 0.4) is 0 Å². The van der Waals surface area contributed by atoms with Gasteiger partial charge in [0.2, 0.25) is 0 Å². The molecule has 1 aliphatic heterocycles. The Labute approximate surface area is 94.9 Å². The molecule has 2 heteroatoms. The summed E-state index contributed by atoms with van der Waals surface area (Å²) in [5, 5.41) is 0. The third kappa shape index (κ3) is 4.59. The molecule has 0 radical (unpaired) electrons. The summed E-state index contributed by atoms with van der Waals surface area (Å²) in [6.45, 7) is 9.07. The number of unbranched alkanes of at least 4 members (excludes halogenated alkanes) is 4. The maximum Gasteiger partial charge on any atom is 0.0896 e. The Morgan fingerprint density at radius 2 is 1.80 bits per heavy atom. The van der Waals surface area contributed by atoms with Crippen LogP contribution in [-0.4, -0.2) is 29.1 Å². The summed E-state index contributed by atoms with van der Waals surface area (Å²) < 4.78 is 0. The Bertz CT molecular complexity index is 187. The van der Waals surface area contributed by atoms with E-state index in [9.17, 15) is 0 Å². The Balaban J connectivity index is 2.02. The first-order valence-corrected chi connectivity index (χ1v) is 6.42. The van der Waals surface area contributed by atoms with E-state index in [1.165, 1.54) is 38.6 Å².